The Morgan fingerprint density at radius 1 is 1.48 bits per heavy atom. The van der Waals surface area contributed by atoms with Crippen LogP contribution in [0, 0.1) is 6.92 Å². The van der Waals surface area contributed by atoms with Crippen molar-refractivity contribution >= 4 is 40.0 Å². The van der Waals surface area contributed by atoms with Gasteiger partial charge in [0.15, 0.2) is 11.5 Å². The number of rotatable bonds is 1. The van der Waals surface area contributed by atoms with E-state index in [0.717, 1.165) is 22.6 Å². The topological polar surface area (TPSA) is 74.8 Å². The molecule has 8 heteroatoms. The van der Waals surface area contributed by atoms with Crippen molar-refractivity contribution < 1.29 is 4.79 Å². The smallest absolute Gasteiger partial charge is 0.290 e. The molecule has 118 valence electrons. The largest absolute Gasteiger partial charge is 0.332 e. The average Bonchev–Trinajstić information content (AvgIpc) is 3.18. The summed E-state index contributed by atoms with van der Waals surface area (Å²) in [5, 5.41) is 0.556. The highest BCUT2D eigenvalue weighted by atomic mass is 35.5. The van der Waals surface area contributed by atoms with Crippen molar-refractivity contribution in [3.8, 4) is 0 Å². The van der Waals surface area contributed by atoms with E-state index in [0.29, 0.717) is 28.6 Å². The van der Waals surface area contributed by atoms with Crippen molar-refractivity contribution in [2.75, 3.05) is 6.54 Å². The number of aryl methyl sites for hydroxylation is 1. The fourth-order valence-corrected chi connectivity index (χ4v) is 3.99. The first kappa shape index (κ1) is 14.6. The van der Waals surface area contributed by atoms with Gasteiger partial charge in [0.2, 0.25) is 0 Å². The number of aromatic nitrogens is 4. The first-order chi connectivity index (χ1) is 11.1. The Kier molecular flexibility index (Phi) is 3.35. The lowest BCUT2D eigenvalue weighted by Crippen LogP contribution is -2.38. The summed E-state index contributed by atoms with van der Waals surface area (Å²) in [7, 11) is 0. The monoisotopic (exact) mass is 347 g/mol. The first-order valence-electron chi connectivity index (χ1n) is 7.30. The molecule has 0 aromatic carbocycles. The highest BCUT2D eigenvalue weighted by Crippen LogP contribution is 2.32. The zero-order valence-electron chi connectivity index (χ0n) is 12.6. The van der Waals surface area contributed by atoms with Gasteiger partial charge < -0.3 is 9.88 Å². The molecular formula is C15H14ClN5OS. The molecule has 4 heterocycles. The molecule has 1 atom stereocenters. The molecule has 0 fully saturated rings. The average molecular weight is 348 g/mol. The van der Waals surface area contributed by atoms with E-state index in [1.807, 2.05) is 24.3 Å². The number of H-pyrrole nitrogens is 1. The molecule has 1 N–H and O–H groups in total. The van der Waals surface area contributed by atoms with Crippen LogP contribution in [0.1, 0.15) is 39.7 Å². The summed E-state index contributed by atoms with van der Waals surface area (Å²) in [6.45, 7) is 4.55. The zero-order chi connectivity index (χ0) is 16.1. The minimum atomic E-state index is -0.120. The number of thiazole rings is 1. The third-order valence-corrected chi connectivity index (χ3v) is 5.71. The number of imidazole rings is 1. The van der Waals surface area contributed by atoms with Gasteiger partial charge in [0, 0.05) is 24.0 Å². The number of carbonyl (C=O) groups excluding carboxylic acids is 1. The van der Waals surface area contributed by atoms with Crippen molar-refractivity contribution in [2.24, 2.45) is 0 Å². The number of nitrogens with one attached hydrogen (secondary N) is 1. The Labute approximate surface area is 141 Å². The normalized spacial score (nSPS) is 17.5. The van der Waals surface area contributed by atoms with E-state index in [9.17, 15) is 4.79 Å². The summed E-state index contributed by atoms with van der Waals surface area (Å²) < 4.78 is 0. The molecular weight excluding hydrogens is 334 g/mol. The van der Waals surface area contributed by atoms with Crippen LogP contribution >= 0.6 is 22.9 Å². The zero-order valence-corrected chi connectivity index (χ0v) is 14.2. The summed E-state index contributed by atoms with van der Waals surface area (Å²) in [4.78, 5) is 31.8. The number of hydrogen-bond donors (Lipinski definition) is 1. The van der Waals surface area contributed by atoms with E-state index in [4.69, 9.17) is 11.6 Å². The molecule has 23 heavy (non-hydrogen) atoms. The molecule has 1 aliphatic heterocycles. The van der Waals surface area contributed by atoms with E-state index < -0.39 is 0 Å². The number of carbonyl (C=O) groups is 1. The lowest BCUT2D eigenvalue weighted by Gasteiger charge is -2.32. The lowest BCUT2D eigenvalue weighted by atomic mass is 10.1. The number of nitrogens with zero attached hydrogens (tertiary/aromatic N) is 4. The second-order valence-electron chi connectivity index (χ2n) is 5.60. The van der Waals surface area contributed by atoms with Crippen LogP contribution in [-0.4, -0.2) is 37.3 Å². The van der Waals surface area contributed by atoms with Crippen molar-refractivity contribution in [3.63, 3.8) is 0 Å². The van der Waals surface area contributed by atoms with Gasteiger partial charge >= 0.3 is 0 Å². The fourth-order valence-electron chi connectivity index (χ4n) is 2.94. The van der Waals surface area contributed by atoms with Crippen molar-refractivity contribution in [2.45, 2.75) is 26.3 Å². The SMILES string of the molecule is Cc1c(Cl)cnc2nc(C(=O)N3CCc4ncsc4[C@H]3C)[nH]c12. The van der Waals surface area contributed by atoms with Crippen molar-refractivity contribution in [3.05, 3.63) is 38.7 Å². The summed E-state index contributed by atoms with van der Waals surface area (Å²) in [6, 6.07) is 0.00427. The van der Waals surface area contributed by atoms with E-state index in [1.54, 1.807) is 17.5 Å². The summed E-state index contributed by atoms with van der Waals surface area (Å²) in [6.07, 6.45) is 2.33. The molecule has 0 saturated heterocycles. The molecule has 6 nitrogen and oxygen atoms in total. The maximum Gasteiger partial charge on any atom is 0.290 e. The van der Waals surface area contributed by atoms with Crippen molar-refractivity contribution in [1.29, 1.82) is 0 Å². The van der Waals surface area contributed by atoms with Crippen LogP contribution in [0.3, 0.4) is 0 Å². The predicted molar refractivity (Wildman–Crippen MR) is 88.9 cm³/mol. The van der Waals surface area contributed by atoms with Gasteiger partial charge in [0.05, 0.1) is 27.8 Å². The molecule has 3 aromatic heterocycles. The van der Waals surface area contributed by atoms with Crippen LogP contribution in [0.4, 0.5) is 0 Å². The van der Waals surface area contributed by atoms with Gasteiger partial charge in [0.1, 0.15) is 0 Å². The Bertz CT molecular complexity index is 918. The molecule has 1 amide bonds. The van der Waals surface area contributed by atoms with Gasteiger partial charge in [-0.2, -0.15) is 0 Å². The van der Waals surface area contributed by atoms with Gasteiger partial charge in [-0.25, -0.2) is 15.0 Å². The quantitative estimate of drug-likeness (QED) is 0.733. The number of hydrogen-bond acceptors (Lipinski definition) is 5. The van der Waals surface area contributed by atoms with Gasteiger partial charge in [-0.1, -0.05) is 11.6 Å². The fraction of sp³-hybridized carbons (Fsp3) is 0.333. The number of aromatic amines is 1. The molecule has 0 bridgehead atoms. The second-order valence-corrected chi connectivity index (χ2v) is 6.90. The molecule has 0 unspecified atom stereocenters. The minimum Gasteiger partial charge on any atom is -0.332 e. The Hall–Kier alpha value is -1.99. The number of amides is 1. The Morgan fingerprint density at radius 3 is 3.13 bits per heavy atom. The third-order valence-electron chi connectivity index (χ3n) is 4.29. The molecule has 0 saturated carbocycles. The van der Waals surface area contributed by atoms with Crippen LogP contribution in [0.15, 0.2) is 11.7 Å². The summed E-state index contributed by atoms with van der Waals surface area (Å²) >= 11 is 7.67. The first-order valence-corrected chi connectivity index (χ1v) is 8.56. The third kappa shape index (κ3) is 2.22. The van der Waals surface area contributed by atoms with Gasteiger partial charge in [-0.05, 0) is 19.4 Å². The standard InChI is InChI=1S/C15H14ClN5OS/c1-7-9(16)5-17-13-11(7)19-14(20-13)15(22)21-4-3-10-12(8(21)2)23-6-18-10/h5-6,8H,3-4H2,1-2H3,(H,17,19,20)/t8-/m1/s1. The maximum absolute atomic E-state index is 12.9. The number of halogens is 1. The lowest BCUT2D eigenvalue weighted by molar-refractivity contribution is 0.0669. The highest BCUT2D eigenvalue weighted by molar-refractivity contribution is 7.09. The van der Waals surface area contributed by atoms with Crippen LogP contribution in [-0.2, 0) is 6.42 Å². The number of pyridine rings is 1. The van der Waals surface area contributed by atoms with E-state index in [-0.39, 0.29) is 11.9 Å². The van der Waals surface area contributed by atoms with E-state index in [1.165, 1.54) is 0 Å². The molecule has 0 spiro atoms. The Balaban J connectivity index is 1.71. The number of fused-ring (bicyclic) bond motifs is 2. The van der Waals surface area contributed by atoms with Crippen LogP contribution in [0.2, 0.25) is 5.02 Å². The summed E-state index contributed by atoms with van der Waals surface area (Å²) in [5.74, 6) is 0.183. The predicted octanol–water partition coefficient (Wildman–Crippen LogP) is 3.14. The minimum absolute atomic E-state index is 0.00427. The van der Waals surface area contributed by atoms with Gasteiger partial charge in [-0.3, -0.25) is 4.79 Å². The molecule has 4 rings (SSSR count). The highest BCUT2D eigenvalue weighted by Gasteiger charge is 2.31. The van der Waals surface area contributed by atoms with E-state index in [2.05, 4.69) is 19.9 Å². The Morgan fingerprint density at radius 2 is 2.30 bits per heavy atom. The second kappa shape index (κ2) is 5.28. The summed E-state index contributed by atoms with van der Waals surface area (Å²) in [5.41, 5.74) is 5.01. The molecule has 0 radical (unpaired) electrons. The molecule has 1 aliphatic rings. The molecule has 0 aliphatic carbocycles. The van der Waals surface area contributed by atoms with Gasteiger partial charge in [-0.15, -0.1) is 11.3 Å². The molecule has 3 aromatic rings. The van der Waals surface area contributed by atoms with Crippen LogP contribution < -0.4 is 0 Å². The van der Waals surface area contributed by atoms with Crippen LogP contribution in [0.25, 0.3) is 11.2 Å². The van der Waals surface area contributed by atoms with E-state index >= 15 is 0 Å². The van der Waals surface area contributed by atoms with Gasteiger partial charge in [0.25, 0.3) is 5.91 Å². The van der Waals surface area contributed by atoms with Crippen molar-refractivity contribution in [1.82, 2.24) is 24.8 Å². The van der Waals surface area contributed by atoms with Crippen LogP contribution in [0.5, 0.6) is 0 Å². The maximum atomic E-state index is 12.9.